The number of aliphatic hydroxyl groups excluding tert-OH is 2. The van der Waals surface area contributed by atoms with Crippen molar-refractivity contribution in [2.75, 3.05) is 32.7 Å². The Kier molecular flexibility index (Phi) is 13.6. The van der Waals surface area contributed by atoms with Crippen LogP contribution in [0.15, 0.2) is 72.8 Å². The molecule has 3 aromatic carbocycles. The Bertz CT molecular complexity index is 1210. The number of rotatable bonds is 19. The number of aromatic hydroxyl groups is 1. The highest BCUT2D eigenvalue weighted by Gasteiger charge is 2.20. The van der Waals surface area contributed by atoms with E-state index in [4.69, 9.17) is 18.7 Å². The fourth-order valence-corrected chi connectivity index (χ4v) is 4.64. The molecule has 0 radical (unpaired) electrons. The summed E-state index contributed by atoms with van der Waals surface area (Å²) in [7, 11) is -3.89. The summed E-state index contributed by atoms with van der Waals surface area (Å²) in [6.45, 7) is 3.07. The van der Waals surface area contributed by atoms with Gasteiger partial charge in [0.15, 0.2) is 6.35 Å². The molecule has 0 aromatic heterocycles. The van der Waals surface area contributed by atoms with E-state index < -0.39 is 20.0 Å². The van der Waals surface area contributed by atoms with Crippen LogP contribution in [0.1, 0.15) is 30.0 Å². The van der Waals surface area contributed by atoms with Gasteiger partial charge < -0.3 is 44.3 Å². The van der Waals surface area contributed by atoms with Crippen molar-refractivity contribution in [1.29, 1.82) is 0 Å². The zero-order valence-corrected chi connectivity index (χ0v) is 24.1. The van der Waals surface area contributed by atoms with Crippen molar-refractivity contribution in [1.82, 2.24) is 5.32 Å². The van der Waals surface area contributed by atoms with Crippen LogP contribution >= 0.6 is 7.60 Å². The number of phenols is 1. The van der Waals surface area contributed by atoms with Crippen LogP contribution < -0.4 is 14.8 Å². The van der Waals surface area contributed by atoms with E-state index in [0.717, 1.165) is 11.1 Å². The van der Waals surface area contributed by atoms with Crippen LogP contribution in [0.4, 0.5) is 0 Å². The van der Waals surface area contributed by atoms with E-state index in [9.17, 15) is 24.8 Å². The van der Waals surface area contributed by atoms with Gasteiger partial charge in [0.2, 0.25) is 0 Å². The molecule has 224 valence electrons. The third-order valence-electron chi connectivity index (χ3n) is 6.06. The molecule has 41 heavy (non-hydrogen) atoms. The second-order valence-electron chi connectivity index (χ2n) is 9.71. The molecule has 0 aliphatic carbocycles. The van der Waals surface area contributed by atoms with E-state index in [1.54, 1.807) is 18.2 Å². The van der Waals surface area contributed by atoms with Gasteiger partial charge in [-0.15, -0.1) is 0 Å². The smallest absolute Gasteiger partial charge is 0.365 e. The zero-order chi connectivity index (χ0) is 29.5. The molecule has 3 atom stereocenters. The number of nitrogens with one attached hydrogen (secondary N) is 1. The third kappa shape index (κ3) is 12.6. The maximum absolute atomic E-state index is 12.3. The summed E-state index contributed by atoms with van der Waals surface area (Å²) in [5.74, 6) is 0.907. The topological polar surface area (TPSA) is 147 Å². The second kappa shape index (κ2) is 17.1. The average molecular weight is 590 g/mol. The number of benzene rings is 3. The van der Waals surface area contributed by atoms with E-state index in [1.807, 2.05) is 49.4 Å². The standard InChI is InChI=1S/C30H40NO9P/c1-23(31-18-27(33)21-38-29-12-13-30(34)26(17-29)19-32)16-24-8-10-28(11-9-24)39-22-41(35,36)40-15-5-14-37-20-25-6-3-2-4-7-25/h2-4,6-13,17,23,27,31-34H,5,14-16,18-22H2,1H3,(H,35,36)/t23-,27+/m1/s1. The van der Waals surface area contributed by atoms with E-state index in [0.29, 0.717) is 49.7 Å². The first kappa shape index (κ1) is 32.6. The Morgan fingerprint density at radius 1 is 0.927 bits per heavy atom. The van der Waals surface area contributed by atoms with Gasteiger partial charge in [-0.05, 0) is 61.2 Å². The summed E-state index contributed by atoms with van der Waals surface area (Å²) in [6, 6.07) is 21.6. The van der Waals surface area contributed by atoms with Crippen molar-refractivity contribution >= 4 is 7.60 Å². The molecule has 3 aromatic rings. The van der Waals surface area contributed by atoms with E-state index >= 15 is 0 Å². The van der Waals surface area contributed by atoms with Crippen LogP contribution in [0.25, 0.3) is 0 Å². The normalized spacial score (nSPS) is 14.2. The lowest BCUT2D eigenvalue weighted by atomic mass is 10.1. The van der Waals surface area contributed by atoms with Crippen molar-refractivity contribution in [3.63, 3.8) is 0 Å². The summed E-state index contributed by atoms with van der Waals surface area (Å²) in [4.78, 5) is 10.0. The van der Waals surface area contributed by atoms with Gasteiger partial charge in [-0.2, -0.15) is 0 Å². The molecular weight excluding hydrogens is 549 g/mol. The highest BCUT2D eigenvalue weighted by atomic mass is 31.2. The van der Waals surface area contributed by atoms with Crippen molar-refractivity contribution < 1.29 is 43.5 Å². The lowest BCUT2D eigenvalue weighted by molar-refractivity contribution is 0.104. The van der Waals surface area contributed by atoms with Gasteiger partial charge in [0.1, 0.15) is 30.0 Å². The Morgan fingerprint density at radius 2 is 1.66 bits per heavy atom. The fourth-order valence-electron chi connectivity index (χ4n) is 3.84. The number of ether oxygens (including phenoxy) is 3. The molecule has 0 aliphatic heterocycles. The van der Waals surface area contributed by atoms with E-state index in [-0.39, 0.29) is 31.6 Å². The molecule has 0 spiro atoms. The molecule has 3 rings (SSSR count). The Morgan fingerprint density at radius 3 is 2.39 bits per heavy atom. The minimum atomic E-state index is -3.89. The van der Waals surface area contributed by atoms with Crippen molar-refractivity contribution in [2.24, 2.45) is 0 Å². The molecule has 0 aliphatic rings. The molecule has 0 heterocycles. The first-order valence-corrected chi connectivity index (χ1v) is 15.3. The van der Waals surface area contributed by atoms with Crippen LogP contribution in [0.3, 0.4) is 0 Å². The summed E-state index contributed by atoms with van der Waals surface area (Å²) >= 11 is 0. The summed E-state index contributed by atoms with van der Waals surface area (Å²) < 4.78 is 34.0. The van der Waals surface area contributed by atoms with Gasteiger partial charge in [-0.3, -0.25) is 4.57 Å². The maximum atomic E-state index is 12.3. The molecule has 11 heteroatoms. The highest BCUT2D eigenvalue weighted by molar-refractivity contribution is 7.52. The summed E-state index contributed by atoms with van der Waals surface area (Å²) in [6.07, 6.45) is -0.00951. The molecule has 10 nitrogen and oxygen atoms in total. The maximum Gasteiger partial charge on any atom is 0.365 e. The molecule has 0 saturated heterocycles. The van der Waals surface area contributed by atoms with E-state index in [2.05, 4.69) is 5.32 Å². The molecule has 5 N–H and O–H groups in total. The van der Waals surface area contributed by atoms with Gasteiger partial charge in [-0.25, -0.2) is 0 Å². The van der Waals surface area contributed by atoms with Gasteiger partial charge in [-0.1, -0.05) is 42.5 Å². The zero-order valence-electron chi connectivity index (χ0n) is 23.2. The monoisotopic (exact) mass is 589 g/mol. The van der Waals surface area contributed by atoms with Gasteiger partial charge in [0, 0.05) is 24.8 Å². The fraction of sp³-hybridized carbons (Fsp3) is 0.400. The van der Waals surface area contributed by atoms with Crippen LogP contribution in [0.2, 0.25) is 0 Å². The molecule has 0 bridgehead atoms. The van der Waals surface area contributed by atoms with Gasteiger partial charge >= 0.3 is 7.60 Å². The van der Waals surface area contributed by atoms with Crippen molar-refractivity contribution in [3.8, 4) is 17.2 Å². The van der Waals surface area contributed by atoms with E-state index in [1.165, 1.54) is 12.1 Å². The molecule has 0 amide bonds. The predicted octanol–water partition coefficient (Wildman–Crippen LogP) is 3.99. The van der Waals surface area contributed by atoms with Crippen molar-refractivity contribution in [2.45, 2.75) is 45.1 Å². The third-order valence-corrected chi connectivity index (χ3v) is 7.10. The van der Waals surface area contributed by atoms with Crippen LogP contribution in [0.5, 0.6) is 17.2 Å². The van der Waals surface area contributed by atoms with Crippen LogP contribution in [-0.4, -0.2) is 65.1 Å². The minimum absolute atomic E-state index is 0.00922. The molecule has 1 unspecified atom stereocenters. The lowest BCUT2D eigenvalue weighted by Crippen LogP contribution is -2.37. The minimum Gasteiger partial charge on any atom is -0.508 e. The molecular formula is C30H40NO9P. The van der Waals surface area contributed by atoms with Crippen molar-refractivity contribution in [3.05, 3.63) is 89.5 Å². The van der Waals surface area contributed by atoms with Gasteiger partial charge in [0.05, 0.1) is 19.8 Å². The molecule has 0 fully saturated rings. The second-order valence-corrected chi connectivity index (χ2v) is 11.5. The SMILES string of the molecule is C[C@H](Cc1ccc(OCP(=O)(O)OCCCOCc2ccccc2)cc1)NC[C@H](O)COc1ccc(O)c(CO)c1. The Hall–Kier alpha value is -2.95. The average Bonchev–Trinajstić information content (AvgIpc) is 2.97. The lowest BCUT2D eigenvalue weighted by Gasteiger charge is -2.18. The molecule has 0 saturated carbocycles. The highest BCUT2D eigenvalue weighted by Crippen LogP contribution is 2.42. The van der Waals surface area contributed by atoms with Crippen LogP contribution in [-0.2, 0) is 33.5 Å². The van der Waals surface area contributed by atoms with Crippen LogP contribution in [0, 0.1) is 0 Å². The first-order valence-electron chi connectivity index (χ1n) is 13.5. The largest absolute Gasteiger partial charge is 0.508 e. The number of hydrogen-bond acceptors (Lipinski definition) is 9. The summed E-state index contributed by atoms with van der Waals surface area (Å²) in [5.41, 5.74) is 2.45. The number of aliphatic hydroxyl groups is 2. The number of hydrogen-bond donors (Lipinski definition) is 5. The van der Waals surface area contributed by atoms with Gasteiger partial charge in [0.25, 0.3) is 0 Å². The Labute approximate surface area is 241 Å². The quantitative estimate of drug-likeness (QED) is 0.103. The summed E-state index contributed by atoms with van der Waals surface area (Å²) in [5, 5.41) is 32.3. The first-order chi connectivity index (χ1) is 19.7. The predicted molar refractivity (Wildman–Crippen MR) is 155 cm³/mol. The Balaban J connectivity index is 1.28.